The first kappa shape index (κ1) is 31.8. The van der Waals surface area contributed by atoms with Gasteiger partial charge in [0, 0.05) is 25.1 Å². The van der Waals surface area contributed by atoms with Crippen LogP contribution in [0.1, 0.15) is 42.9 Å². The second-order valence-corrected chi connectivity index (χ2v) is 12.5. The third-order valence-corrected chi connectivity index (χ3v) is 8.92. The van der Waals surface area contributed by atoms with Gasteiger partial charge in [0.2, 0.25) is 5.60 Å². The lowest BCUT2D eigenvalue weighted by atomic mass is 10.0. The monoisotopic (exact) mass is 622 g/mol. The third-order valence-electron chi connectivity index (χ3n) is 6.86. The minimum atomic E-state index is -4.20. The number of aryl methyl sites for hydroxylation is 1. The van der Waals surface area contributed by atoms with Gasteiger partial charge in [0.15, 0.2) is 0 Å². The number of rotatable bonds is 12. The van der Waals surface area contributed by atoms with Gasteiger partial charge >= 0.3 is 12.0 Å². The standard InChI is InChI=1S/C31H34N4O6S2/c1-4-10-26-33-28(42-3)27(31(2,39)29(36)37)35(26)20-22-15-17-23(18-16-22)24-13-8-9-14-25(24)43(40,41)34-30(38)32-19-21-11-6-5-7-12-21/h5-9,11-18,39H,4,10,19-20H2,1-3H3,(H,36,37)(H2,32,34,38). The van der Waals surface area contributed by atoms with Gasteiger partial charge in [-0.3, -0.25) is 0 Å². The molecular formula is C31H34N4O6S2. The lowest BCUT2D eigenvalue weighted by Gasteiger charge is -2.22. The molecule has 1 aromatic heterocycles. The zero-order valence-corrected chi connectivity index (χ0v) is 25.7. The van der Waals surface area contributed by atoms with Crippen LogP contribution in [-0.4, -0.2) is 46.4 Å². The van der Waals surface area contributed by atoms with E-state index in [-0.39, 0.29) is 23.7 Å². The molecule has 0 aliphatic heterocycles. The van der Waals surface area contributed by atoms with Crippen LogP contribution in [-0.2, 0) is 39.9 Å². The van der Waals surface area contributed by atoms with Crippen molar-refractivity contribution in [2.45, 2.75) is 55.3 Å². The highest BCUT2D eigenvalue weighted by atomic mass is 32.2. The largest absolute Gasteiger partial charge is 0.479 e. The van der Waals surface area contributed by atoms with E-state index in [0.717, 1.165) is 17.5 Å². The molecule has 4 N–H and O–H groups in total. The molecule has 0 aliphatic carbocycles. The Labute approximate surface area is 255 Å². The number of aromatic nitrogens is 2. The topological polar surface area (TPSA) is 151 Å². The van der Waals surface area contributed by atoms with E-state index in [2.05, 4.69) is 15.0 Å². The third kappa shape index (κ3) is 7.27. The van der Waals surface area contributed by atoms with Crippen molar-refractivity contribution in [1.82, 2.24) is 19.6 Å². The van der Waals surface area contributed by atoms with Crippen molar-refractivity contribution in [2.75, 3.05) is 6.26 Å². The highest BCUT2D eigenvalue weighted by Gasteiger charge is 2.39. The summed E-state index contributed by atoms with van der Waals surface area (Å²) in [4.78, 5) is 29.0. The zero-order chi connectivity index (χ0) is 31.2. The second-order valence-electron chi connectivity index (χ2n) is 10.1. The first-order chi connectivity index (χ1) is 20.5. The molecule has 3 aromatic carbocycles. The van der Waals surface area contributed by atoms with Crippen LogP contribution in [0.5, 0.6) is 0 Å². The normalized spacial score (nSPS) is 12.8. The molecule has 2 amide bonds. The minimum absolute atomic E-state index is 0.0538. The summed E-state index contributed by atoms with van der Waals surface area (Å²) in [5.74, 6) is -0.706. The number of carboxylic acids is 1. The molecule has 43 heavy (non-hydrogen) atoms. The Morgan fingerprint density at radius 2 is 1.63 bits per heavy atom. The van der Waals surface area contributed by atoms with Crippen LogP contribution in [0, 0.1) is 0 Å². The lowest BCUT2D eigenvalue weighted by molar-refractivity contribution is -0.158. The van der Waals surface area contributed by atoms with Crippen LogP contribution in [0.3, 0.4) is 0 Å². The fourth-order valence-corrected chi connectivity index (χ4v) is 6.54. The zero-order valence-electron chi connectivity index (χ0n) is 24.1. The molecule has 0 aliphatic rings. The summed E-state index contributed by atoms with van der Waals surface area (Å²) < 4.78 is 30.3. The number of carboxylic acid groups (broad SMARTS) is 1. The number of hydrogen-bond donors (Lipinski definition) is 4. The Hall–Kier alpha value is -4.13. The summed E-state index contributed by atoms with van der Waals surface area (Å²) >= 11 is 1.27. The minimum Gasteiger partial charge on any atom is -0.479 e. The second kappa shape index (κ2) is 13.4. The number of hydrogen-bond acceptors (Lipinski definition) is 7. The van der Waals surface area contributed by atoms with E-state index in [4.69, 9.17) is 0 Å². The number of urea groups is 1. The van der Waals surface area contributed by atoms with Gasteiger partial charge in [-0.05, 0) is 42.4 Å². The Morgan fingerprint density at radius 3 is 2.26 bits per heavy atom. The molecule has 10 nitrogen and oxygen atoms in total. The highest BCUT2D eigenvalue weighted by molar-refractivity contribution is 7.98. The van der Waals surface area contributed by atoms with E-state index >= 15 is 0 Å². The maximum Gasteiger partial charge on any atom is 0.341 e. The number of aliphatic hydroxyl groups is 1. The maximum absolute atomic E-state index is 13.2. The molecule has 4 aromatic rings. The van der Waals surface area contributed by atoms with Crippen molar-refractivity contribution in [3.05, 3.63) is 102 Å². The molecular weight excluding hydrogens is 588 g/mol. The Morgan fingerprint density at radius 1 is 0.977 bits per heavy atom. The number of sulfonamides is 1. The lowest BCUT2D eigenvalue weighted by Crippen LogP contribution is -2.39. The van der Waals surface area contributed by atoms with Crippen LogP contribution in [0.25, 0.3) is 11.1 Å². The molecule has 226 valence electrons. The van der Waals surface area contributed by atoms with E-state index in [1.54, 1.807) is 41.2 Å². The first-order valence-electron chi connectivity index (χ1n) is 13.6. The summed E-state index contributed by atoms with van der Waals surface area (Å²) in [6, 6.07) is 21.8. The number of carbonyl (C=O) groups is 2. The molecule has 0 fully saturated rings. The fraction of sp³-hybridized carbons (Fsp3) is 0.258. The summed E-state index contributed by atoms with van der Waals surface area (Å²) in [5, 5.41) is 23.7. The van der Waals surface area contributed by atoms with E-state index in [0.29, 0.717) is 28.4 Å². The Kier molecular flexibility index (Phi) is 9.95. The number of thioether (sulfide) groups is 1. The summed E-state index contributed by atoms with van der Waals surface area (Å²) in [7, 11) is -4.20. The molecule has 0 radical (unpaired) electrons. The van der Waals surface area contributed by atoms with Crippen LogP contribution in [0.2, 0.25) is 0 Å². The molecule has 4 rings (SSSR count). The predicted molar refractivity (Wildman–Crippen MR) is 165 cm³/mol. The van der Waals surface area contributed by atoms with Gasteiger partial charge in [-0.15, -0.1) is 11.8 Å². The van der Waals surface area contributed by atoms with Crippen molar-refractivity contribution >= 4 is 33.8 Å². The molecule has 12 heteroatoms. The van der Waals surface area contributed by atoms with E-state index < -0.39 is 27.6 Å². The van der Waals surface area contributed by atoms with E-state index in [9.17, 15) is 28.2 Å². The van der Waals surface area contributed by atoms with Crippen LogP contribution in [0.15, 0.2) is 88.8 Å². The first-order valence-corrected chi connectivity index (χ1v) is 16.3. The highest BCUT2D eigenvalue weighted by Crippen LogP contribution is 2.33. The van der Waals surface area contributed by atoms with Crippen molar-refractivity contribution in [1.29, 1.82) is 0 Å². The van der Waals surface area contributed by atoms with Crippen LogP contribution < -0.4 is 10.0 Å². The Bertz CT molecular complexity index is 1700. The molecule has 0 bridgehead atoms. The van der Waals surface area contributed by atoms with Crippen molar-refractivity contribution in [3.8, 4) is 11.1 Å². The smallest absolute Gasteiger partial charge is 0.341 e. The number of imidazole rings is 1. The summed E-state index contributed by atoms with van der Waals surface area (Å²) in [6.07, 6.45) is 3.16. The number of benzene rings is 3. The number of aliphatic carboxylic acids is 1. The molecule has 0 saturated carbocycles. The summed E-state index contributed by atoms with van der Waals surface area (Å²) in [6.45, 7) is 3.67. The number of carbonyl (C=O) groups excluding carboxylic acids is 1. The van der Waals surface area contributed by atoms with Crippen molar-refractivity contribution < 1.29 is 28.2 Å². The van der Waals surface area contributed by atoms with Crippen LogP contribution >= 0.6 is 11.8 Å². The molecule has 0 spiro atoms. The fourth-order valence-electron chi connectivity index (χ4n) is 4.68. The average molecular weight is 623 g/mol. The SMILES string of the molecule is CCCc1nc(SC)c(C(C)(O)C(=O)O)n1Cc1ccc(-c2ccccc2S(=O)(=O)NC(=O)NCc2ccccc2)cc1. The molecule has 0 saturated heterocycles. The van der Waals surface area contributed by atoms with Gasteiger partial charge in [-0.2, -0.15) is 0 Å². The van der Waals surface area contributed by atoms with Gasteiger partial charge in [0.25, 0.3) is 10.0 Å². The van der Waals surface area contributed by atoms with E-state index in [1.807, 2.05) is 49.4 Å². The van der Waals surface area contributed by atoms with Crippen LogP contribution in [0.4, 0.5) is 4.79 Å². The average Bonchev–Trinajstić information content (AvgIpc) is 3.34. The maximum atomic E-state index is 13.2. The quantitative estimate of drug-likeness (QED) is 0.165. The Balaban J connectivity index is 1.59. The van der Waals surface area contributed by atoms with Crippen molar-refractivity contribution in [3.63, 3.8) is 0 Å². The van der Waals surface area contributed by atoms with Gasteiger partial charge in [-0.25, -0.2) is 27.7 Å². The number of nitrogens with one attached hydrogen (secondary N) is 2. The van der Waals surface area contributed by atoms with Gasteiger partial charge in [0.05, 0.1) is 10.6 Å². The van der Waals surface area contributed by atoms with E-state index in [1.165, 1.54) is 24.8 Å². The molecule has 1 unspecified atom stereocenters. The van der Waals surface area contributed by atoms with Gasteiger partial charge in [-0.1, -0.05) is 79.7 Å². The summed E-state index contributed by atoms with van der Waals surface area (Å²) in [5.41, 5.74) is 0.712. The molecule has 1 heterocycles. The van der Waals surface area contributed by atoms with Gasteiger partial charge in [0.1, 0.15) is 10.9 Å². The van der Waals surface area contributed by atoms with Gasteiger partial charge < -0.3 is 20.1 Å². The number of amides is 2. The number of nitrogens with zero attached hydrogens (tertiary/aromatic N) is 2. The predicted octanol–water partition coefficient (Wildman–Crippen LogP) is 4.75. The molecule has 1 atom stereocenters. The van der Waals surface area contributed by atoms with Crippen molar-refractivity contribution in [2.24, 2.45) is 0 Å².